The van der Waals surface area contributed by atoms with Gasteiger partial charge < -0.3 is 9.80 Å². The quantitative estimate of drug-likeness (QED) is 0.872. The summed E-state index contributed by atoms with van der Waals surface area (Å²) in [4.78, 5) is 16.1. The van der Waals surface area contributed by atoms with E-state index in [9.17, 15) is 10.1 Å². The zero-order valence-electron chi connectivity index (χ0n) is 12.0. The van der Waals surface area contributed by atoms with Crippen LogP contribution in [0.4, 0.5) is 11.4 Å². The van der Waals surface area contributed by atoms with Crippen molar-refractivity contribution < 1.29 is 4.79 Å². The number of rotatable bonds is 3. The molecule has 0 spiro atoms. The molecular formula is C16H19N3OS. The second kappa shape index (κ2) is 5.98. The van der Waals surface area contributed by atoms with Gasteiger partial charge >= 0.3 is 0 Å². The molecule has 1 aromatic carbocycles. The molecule has 2 saturated heterocycles. The summed E-state index contributed by atoms with van der Waals surface area (Å²) in [5.41, 5.74) is 2.50. The Bertz CT molecular complexity index is 590. The maximum atomic E-state index is 12.1. The number of nitrogens with zero attached hydrogens (tertiary/aromatic N) is 3. The van der Waals surface area contributed by atoms with Crippen molar-refractivity contribution in [2.24, 2.45) is 5.92 Å². The molecule has 2 aliphatic rings. The van der Waals surface area contributed by atoms with Crippen molar-refractivity contribution in [3.8, 4) is 6.07 Å². The molecule has 4 nitrogen and oxygen atoms in total. The van der Waals surface area contributed by atoms with E-state index in [4.69, 9.17) is 0 Å². The topological polar surface area (TPSA) is 47.3 Å². The lowest BCUT2D eigenvalue weighted by Crippen LogP contribution is -2.25. The minimum absolute atomic E-state index is 0.131. The summed E-state index contributed by atoms with van der Waals surface area (Å²) in [5, 5.41) is 9.42. The summed E-state index contributed by atoms with van der Waals surface area (Å²) < 4.78 is 0. The Balaban J connectivity index is 1.88. The fourth-order valence-electron chi connectivity index (χ4n) is 3.17. The van der Waals surface area contributed by atoms with Gasteiger partial charge in [-0.25, -0.2) is 0 Å². The first-order valence-electron chi connectivity index (χ1n) is 7.43. The second-order valence-electron chi connectivity index (χ2n) is 5.76. The van der Waals surface area contributed by atoms with Crippen LogP contribution in [-0.4, -0.2) is 31.3 Å². The normalized spacial score (nSPS) is 21.9. The van der Waals surface area contributed by atoms with Crippen LogP contribution in [0.3, 0.4) is 0 Å². The number of benzene rings is 1. The molecule has 2 aliphatic heterocycles. The molecule has 1 aromatic rings. The van der Waals surface area contributed by atoms with Crippen molar-refractivity contribution in [3.63, 3.8) is 0 Å². The van der Waals surface area contributed by atoms with Crippen molar-refractivity contribution in [1.82, 2.24) is 0 Å². The molecule has 0 aliphatic carbocycles. The minimum atomic E-state index is 0.131. The number of nitriles is 1. The van der Waals surface area contributed by atoms with Gasteiger partial charge in [-0.2, -0.15) is 17.9 Å². The minimum Gasteiger partial charge on any atom is -0.370 e. The molecule has 5 heteroatoms. The van der Waals surface area contributed by atoms with E-state index in [1.807, 2.05) is 18.2 Å². The highest BCUT2D eigenvalue weighted by molar-refractivity contribution is 7.80. The van der Waals surface area contributed by atoms with Crippen LogP contribution in [-0.2, 0) is 4.79 Å². The average Bonchev–Trinajstić information content (AvgIpc) is 3.16. The molecule has 0 N–H and O–H groups in total. The van der Waals surface area contributed by atoms with E-state index in [1.54, 1.807) is 4.90 Å². The number of hydrogen-bond acceptors (Lipinski definition) is 4. The number of anilines is 2. The molecule has 0 radical (unpaired) electrons. The number of amides is 1. The molecular weight excluding hydrogens is 282 g/mol. The molecule has 0 saturated carbocycles. The Kier molecular flexibility index (Phi) is 4.07. The first-order chi connectivity index (χ1) is 10.2. The van der Waals surface area contributed by atoms with Crippen LogP contribution >= 0.6 is 12.6 Å². The fraction of sp³-hybridized carbons (Fsp3) is 0.500. The van der Waals surface area contributed by atoms with Crippen molar-refractivity contribution in [2.75, 3.05) is 35.2 Å². The predicted octanol–water partition coefficient (Wildman–Crippen LogP) is 2.44. The van der Waals surface area contributed by atoms with Crippen LogP contribution < -0.4 is 9.80 Å². The molecule has 1 unspecified atom stereocenters. The summed E-state index contributed by atoms with van der Waals surface area (Å²) in [6.07, 6.45) is 2.92. The third-order valence-corrected chi connectivity index (χ3v) is 4.84. The SMILES string of the molecule is N#Cc1cc(N2CC(CS)CC2=O)ccc1N1CCCC1. The Morgan fingerprint density at radius 3 is 2.71 bits per heavy atom. The highest BCUT2D eigenvalue weighted by atomic mass is 32.1. The Hall–Kier alpha value is -1.67. The van der Waals surface area contributed by atoms with E-state index in [1.165, 1.54) is 12.8 Å². The van der Waals surface area contributed by atoms with E-state index < -0.39 is 0 Å². The first-order valence-corrected chi connectivity index (χ1v) is 8.06. The van der Waals surface area contributed by atoms with Gasteiger partial charge in [-0.05, 0) is 42.7 Å². The molecule has 2 heterocycles. The smallest absolute Gasteiger partial charge is 0.227 e. The average molecular weight is 301 g/mol. The van der Waals surface area contributed by atoms with Crippen LogP contribution in [0.5, 0.6) is 0 Å². The number of hydrogen-bond donors (Lipinski definition) is 1. The molecule has 1 atom stereocenters. The maximum Gasteiger partial charge on any atom is 0.227 e. The predicted molar refractivity (Wildman–Crippen MR) is 86.9 cm³/mol. The van der Waals surface area contributed by atoms with Gasteiger partial charge in [-0.15, -0.1) is 0 Å². The Morgan fingerprint density at radius 1 is 1.33 bits per heavy atom. The van der Waals surface area contributed by atoms with Crippen molar-refractivity contribution >= 4 is 29.9 Å². The van der Waals surface area contributed by atoms with Crippen LogP contribution in [0.1, 0.15) is 24.8 Å². The van der Waals surface area contributed by atoms with Gasteiger partial charge in [-0.3, -0.25) is 4.79 Å². The van der Waals surface area contributed by atoms with Crippen LogP contribution in [0.25, 0.3) is 0 Å². The summed E-state index contributed by atoms with van der Waals surface area (Å²) in [6.45, 7) is 2.73. The lowest BCUT2D eigenvalue weighted by Gasteiger charge is -2.22. The zero-order valence-corrected chi connectivity index (χ0v) is 12.9. The molecule has 3 rings (SSSR count). The highest BCUT2D eigenvalue weighted by Gasteiger charge is 2.30. The van der Waals surface area contributed by atoms with Gasteiger partial charge in [0.2, 0.25) is 5.91 Å². The van der Waals surface area contributed by atoms with Crippen LogP contribution in [0.15, 0.2) is 18.2 Å². The van der Waals surface area contributed by atoms with Gasteiger partial charge in [0.1, 0.15) is 6.07 Å². The first kappa shape index (κ1) is 14.3. The third kappa shape index (κ3) is 2.73. The van der Waals surface area contributed by atoms with E-state index in [-0.39, 0.29) is 5.91 Å². The van der Waals surface area contributed by atoms with Crippen molar-refractivity contribution in [3.05, 3.63) is 23.8 Å². The van der Waals surface area contributed by atoms with Gasteiger partial charge in [0, 0.05) is 31.7 Å². The molecule has 1 amide bonds. The van der Waals surface area contributed by atoms with Crippen molar-refractivity contribution in [2.45, 2.75) is 19.3 Å². The number of carbonyl (C=O) groups is 1. The van der Waals surface area contributed by atoms with E-state index >= 15 is 0 Å². The van der Waals surface area contributed by atoms with Gasteiger partial charge in [0.15, 0.2) is 0 Å². The summed E-state index contributed by atoms with van der Waals surface area (Å²) in [7, 11) is 0. The largest absolute Gasteiger partial charge is 0.370 e. The summed E-state index contributed by atoms with van der Waals surface area (Å²) in [6, 6.07) is 8.09. The van der Waals surface area contributed by atoms with Gasteiger partial charge in [0.05, 0.1) is 11.3 Å². The van der Waals surface area contributed by atoms with Gasteiger partial charge in [0.25, 0.3) is 0 Å². The standard InChI is InChI=1S/C16H19N3OS/c17-9-13-8-14(19-10-12(11-21)7-16(19)20)3-4-15(13)18-5-1-2-6-18/h3-4,8,12,21H,1-2,5-7,10-11H2. The monoisotopic (exact) mass is 301 g/mol. The van der Waals surface area contributed by atoms with E-state index in [0.717, 1.165) is 30.2 Å². The maximum absolute atomic E-state index is 12.1. The second-order valence-corrected chi connectivity index (χ2v) is 6.13. The summed E-state index contributed by atoms with van der Waals surface area (Å²) in [5.74, 6) is 1.16. The lowest BCUT2D eigenvalue weighted by atomic mass is 10.1. The molecule has 110 valence electrons. The van der Waals surface area contributed by atoms with Crippen LogP contribution in [0.2, 0.25) is 0 Å². The molecule has 2 fully saturated rings. The van der Waals surface area contributed by atoms with Gasteiger partial charge in [-0.1, -0.05) is 0 Å². The van der Waals surface area contributed by atoms with E-state index in [0.29, 0.717) is 24.4 Å². The number of thiol groups is 1. The lowest BCUT2D eigenvalue weighted by molar-refractivity contribution is -0.117. The van der Waals surface area contributed by atoms with Crippen LogP contribution in [0, 0.1) is 17.2 Å². The zero-order chi connectivity index (χ0) is 14.8. The Labute approximate surface area is 130 Å². The fourth-order valence-corrected chi connectivity index (χ4v) is 3.41. The summed E-state index contributed by atoms with van der Waals surface area (Å²) >= 11 is 4.29. The third-order valence-electron chi connectivity index (χ3n) is 4.32. The molecule has 0 aromatic heterocycles. The molecule has 0 bridgehead atoms. The van der Waals surface area contributed by atoms with E-state index in [2.05, 4.69) is 23.6 Å². The highest BCUT2D eigenvalue weighted by Crippen LogP contribution is 2.31. The van der Waals surface area contributed by atoms with Crippen molar-refractivity contribution in [1.29, 1.82) is 5.26 Å². The molecule has 21 heavy (non-hydrogen) atoms. The number of carbonyl (C=O) groups excluding carboxylic acids is 1. The Morgan fingerprint density at radius 2 is 2.10 bits per heavy atom.